The van der Waals surface area contributed by atoms with E-state index in [1.54, 1.807) is 17.0 Å². The Balaban J connectivity index is 1.65. The molecule has 1 fully saturated rings. The summed E-state index contributed by atoms with van der Waals surface area (Å²) in [5, 5.41) is 6.81. The number of amides is 1. The number of para-hydroxylation sites is 2. The number of Topliss-reactive ketones (excluding diaryl/α,β-unsaturated/α-hetero) is 1. The maximum absolute atomic E-state index is 13.9. The van der Waals surface area contributed by atoms with Crippen molar-refractivity contribution in [2.45, 2.75) is 11.3 Å². The van der Waals surface area contributed by atoms with Gasteiger partial charge in [0.05, 0.1) is 17.7 Å². The first kappa shape index (κ1) is 22.3. The van der Waals surface area contributed by atoms with E-state index in [9.17, 15) is 9.59 Å². The third kappa shape index (κ3) is 3.89. The van der Waals surface area contributed by atoms with E-state index in [0.29, 0.717) is 9.95 Å². The fourth-order valence-electron chi connectivity index (χ4n) is 3.75. The summed E-state index contributed by atoms with van der Waals surface area (Å²) in [6, 6.07) is 26.6. The average molecular weight is 488 g/mol. The van der Waals surface area contributed by atoms with E-state index < -0.39 is 4.33 Å². The molecule has 3 aromatic carbocycles. The number of thioether (sulfide) groups is 2. The van der Waals surface area contributed by atoms with Crippen molar-refractivity contribution in [2.24, 2.45) is 5.10 Å². The number of hydrogen-bond acceptors (Lipinski definition) is 7. The van der Waals surface area contributed by atoms with Gasteiger partial charge < -0.3 is 4.74 Å². The second-order valence-corrected chi connectivity index (χ2v) is 10.3. The van der Waals surface area contributed by atoms with Crippen molar-refractivity contribution in [3.05, 3.63) is 95.4 Å². The summed E-state index contributed by atoms with van der Waals surface area (Å²) in [6.07, 6.45) is 1.87. The molecule has 2 aliphatic heterocycles. The smallest absolute Gasteiger partial charge is 0.268 e. The molecule has 1 amide bonds. The van der Waals surface area contributed by atoms with E-state index in [0.717, 1.165) is 22.7 Å². The number of carbonyl (C=O) groups excluding carboxylic acids is 2. The first-order valence-corrected chi connectivity index (χ1v) is 12.2. The minimum atomic E-state index is -1.01. The van der Waals surface area contributed by atoms with E-state index in [1.807, 2.05) is 91.0 Å². The summed E-state index contributed by atoms with van der Waals surface area (Å²) >= 11 is 2.68. The summed E-state index contributed by atoms with van der Waals surface area (Å²) < 4.78 is 4.24. The monoisotopic (exact) mass is 487 g/mol. The second kappa shape index (κ2) is 9.04. The van der Waals surface area contributed by atoms with Crippen LogP contribution in [-0.2, 0) is 9.59 Å². The SMILES string of the molecule is COc1ccc(/C=C2/S[C@]3(SC(C(C)=O)=NN3c3ccccc3)N(c3ccccc3)C2=O)cc1. The van der Waals surface area contributed by atoms with Crippen LogP contribution in [0, 0.1) is 0 Å². The Bertz CT molecular complexity index is 1290. The van der Waals surface area contributed by atoms with Gasteiger partial charge in [-0.15, -0.1) is 0 Å². The molecule has 34 heavy (non-hydrogen) atoms. The molecule has 2 heterocycles. The minimum Gasteiger partial charge on any atom is -0.497 e. The molecule has 5 rings (SSSR count). The molecule has 6 nitrogen and oxygen atoms in total. The lowest BCUT2D eigenvalue weighted by atomic mass is 10.2. The molecule has 0 radical (unpaired) electrons. The number of methoxy groups -OCH3 is 1. The van der Waals surface area contributed by atoms with Crippen molar-refractivity contribution >= 4 is 57.7 Å². The predicted octanol–water partition coefficient (Wildman–Crippen LogP) is 5.58. The van der Waals surface area contributed by atoms with Crippen molar-refractivity contribution in [1.29, 1.82) is 0 Å². The van der Waals surface area contributed by atoms with Gasteiger partial charge in [-0.25, -0.2) is 5.01 Å². The summed E-state index contributed by atoms with van der Waals surface area (Å²) in [4.78, 5) is 28.6. The van der Waals surface area contributed by atoms with Gasteiger partial charge in [0.1, 0.15) is 5.75 Å². The number of anilines is 2. The quantitative estimate of drug-likeness (QED) is 0.438. The number of ketones is 1. The summed E-state index contributed by atoms with van der Waals surface area (Å²) in [7, 11) is 1.62. The van der Waals surface area contributed by atoms with Crippen LogP contribution in [0.2, 0.25) is 0 Å². The van der Waals surface area contributed by atoms with E-state index in [1.165, 1.54) is 30.4 Å². The Kier molecular flexibility index (Phi) is 5.93. The molecule has 0 bridgehead atoms. The Morgan fingerprint density at radius 1 is 0.912 bits per heavy atom. The van der Waals surface area contributed by atoms with Crippen LogP contribution in [0.1, 0.15) is 12.5 Å². The number of carbonyl (C=O) groups is 2. The molecule has 2 aliphatic rings. The number of rotatable bonds is 5. The fraction of sp³-hybridized carbons (Fsp3) is 0.115. The lowest BCUT2D eigenvalue weighted by molar-refractivity contribution is -0.114. The van der Waals surface area contributed by atoms with Gasteiger partial charge in [-0.1, -0.05) is 60.3 Å². The van der Waals surface area contributed by atoms with E-state index >= 15 is 0 Å². The van der Waals surface area contributed by atoms with Crippen molar-refractivity contribution in [2.75, 3.05) is 17.0 Å². The van der Waals surface area contributed by atoms with E-state index in [-0.39, 0.29) is 11.7 Å². The zero-order valence-electron chi connectivity index (χ0n) is 18.5. The highest BCUT2D eigenvalue weighted by atomic mass is 32.2. The first-order valence-electron chi connectivity index (χ1n) is 10.6. The second-order valence-electron chi connectivity index (χ2n) is 7.62. The van der Waals surface area contributed by atoms with Crippen LogP contribution in [0.4, 0.5) is 11.4 Å². The van der Waals surface area contributed by atoms with Gasteiger partial charge in [0.15, 0.2) is 10.8 Å². The molecule has 1 saturated heterocycles. The van der Waals surface area contributed by atoms with Crippen LogP contribution < -0.4 is 14.6 Å². The zero-order chi connectivity index (χ0) is 23.7. The van der Waals surface area contributed by atoms with Crippen molar-refractivity contribution in [1.82, 2.24) is 0 Å². The molecule has 0 aliphatic carbocycles. The molecule has 0 unspecified atom stereocenters. The molecule has 1 spiro atoms. The highest BCUT2D eigenvalue weighted by Crippen LogP contribution is 2.59. The van der Waals surface area contributed by atoms with E-state index in [2.05, 4.69) is 5.10 Å². The van der Waals surface area contributed by atoms with Crippen LogP contribution in [0.15, 0.2) is 94.9 Å². The molecule has 0 N–H and O–H groups in total. The lowest BCUT2D eigenvalue weighted by Gasteiger charge is -2.38. The van der Waals surface area contributed by atoms with Crippen LogP contribution in [-0.4, -0.2) is 28.2 Å². The highest BCUT2D eigenvalue weighted by molar-refractivity contribution is 8.29. The van der Waals surface area contributed by atoms with Gasteiger partial charge in [0.25, 0.3) is 5.91 Å². The number of nitrogens with zero attached hydrogens (tertiary/aromatic N) is 3. The largest absolute Gasteiger partial charge is 0.497 e. The topological polar surface area (TPSA) is 62.2 Å². The van der Waals surface area contributed by atoms with Crippen LogP contribution >= 0.6 is 23.5 Å². The number of ether oxygens (including phenoxy) is 1. The molecule has 0 saturated carbocycles. The van der Waals surface area contributed by atoms with Crippen molar-refractivity contribution in [3.63, 3.8) is 0 Å². The molecule has 0 aromatic heterocycles. The standard InChI is InChI=1S/C26H21N3O3S2/c1-18(30)24-27-29(21-11-7-4-8-12-21)26(34-24)28(20-9-5-3-6-10-20)25(31)23(33-26)17-19-13-15-22(32-2)16-14-19/h3-17H,1-2H3/b23-17+/t26-/m0/s1. The summed E-state index contributed by atoms with van der Waals surface area (Å²) in [5.41, 5.74) is 2.40. The molecular weight excluding hydrogens is 466 g/mol. The van der Waals surface area contributed by atoms with Gasteiger partial charge in [-0.3, -0.25) is 14.5 Å². The lowest BCUT2D eigenvalue weighted by Crippen LogP contribution is -2.51. The number of benzene rings is 3. The van der Waals surface area contributed by atoms with Gasteiger partial charge in [0.2, 0.25) is 4.33 Å². The molecule has 170 valence electrons. The Hall–Kier alpha value is -3.49. The Labute approximate surface area is 206 Å². The predicted molar refractivity (Wildman–Crippen MR) is 140 cm³/mol. The third-order valence-electron chi connectivity index (χ3n) is 5.36. The van der Waals surface area contributed by atoms with Crippen molar-refractivity contribution < 1.29 is 14.3 Å². The van der Waals surface area contributed by atoms with Gasteiger partial charge in [0, 0.05) is 12.6 Å². The number of hydrogen-bond donors (Lipinski definition) is 0. The zero-order valence-corrected chi connectivity index (χ0v) is 20.2. The number of hydrazone groups is 1. The van der Waals surface area contributed by atoms with Crippen LogP contribution in [0.25, 0.3) is 6.08 Å². The van der Waals surface area contributed by atoms with Gasteiger partial charge in [-0.2, -0.15) is 5.10 Å². The fourth-order valence-corrected chi connectivity index (χ4v) is 6.63. The van der Waals surface area contributed by atoms with E-state index in [4.69, 9.17) is 4.74 Å². The summed E-state index contributed by atoms with van der Waals surface area (Å²) in [5.74, 6) is 0.452. The Morgan fingerprint density at radius 3 is 2.12 bits per heavy atom. The average Bonchev–Trinajstić information content (AvgIpc) is 3.38. The maximum Gasteiger partial charge on any atom is 0.268 e. The Morgan fingerprint density at radius 2 is 1.53 bits per heavy atom. The highest BCUT2D eigenvalue weighted by Gasteiger charge is 2.59. The summed E-state index contributed by atoms with van der Waals surface area (Å²) in [6.45, 7) is 1.50. The van der Waals surface area contributed by atoms with Gasteiger partial charge in [-0.05, 0) is 59.8 Å². The minimum absolute atomic E-state index is 0.142. The van der Waals surface area contributed by atoms with Gasteiger partial charge >= 0.3 is 0 Å². The first-order chi connectivity index (χ1) is 16.5. The maximum atomic E-state index is 13.9. The molecule has 3 aromatic rings. The third-order valence-corrected chi connectivity index (χ3v) is 8.18. The van der Waals surface area contributed by atoms with Crippen molar-refractivity contribution in [3.8, 4) is 5.75 Å². The molecular formula is C26H21N3O3S2. The molecule has 8 heteroatoms. The normalized spacial score (nSPS) is 20.8. The molecule has 1 atom stereocenters. The van der Waals surface area contributed by atoms with Crippen LogP contribution in [0.3, 0.4) is 0 Å². The van der Waals surface area contributed by atoms with Crippen LogP contribution in [0.5, 0.6) is 5.75 Å².